The number of anilines is 1. The van der Waals surface area contributed by atoms with Crippen molar-refractivity contribution in [3.63, 3.8) is 0 Å². The number of carboxylic acid groups (broad SMARTS) is 1. The maximum absolute atomic E-state index is 12.3. The zero-order valence-corrected chi connectivity index (χ0v) is 11.4. The summed E-state index contributed by atoms with van der Waals surface area (Å²) >= 11 is 0. The molecule has 5 nitrogen and oxygen atoms in total. The van der Waals surface area contributed by atoms with E-state index in [4.69, 9.17) is 10.8 Å². The highest BCUT2D eigenvalue weighted by Crippen LogP contribution is 2.26. The van der Waals surface area contributed by atoms with E-state index >= 15 is 0 Å². The summed E-state index contributed by atoms with van der Waals surface area (Å²) in [6.07, 6.45) is -5.50. The number of halogens is 3. The number of carbonyl (C=O) groups excluding carboxylic acids is 1. The van der Waals surface area contributed by atoms with Gasteiger partial charge >= 0.3 is 12.1 Å². The number of benzene rings is 1. The van der Waals surface area contributed by atoms with Crippen LogP contribution < -0.4 is 11.1 Å². The predicted molar refractivity (Wildman–Crippen MR) is 70.4 cm³/mol. The molecular formula is C13H15F3N2O3. The van der Waals surface area contributed by atoms with E-state index in [9.17, 15) is 22.8 Å². The van der Waals surface area contributed by atoms with Gasteiger partial charge < -0.3 is 16.2 Å². The van der Waals surface area contributed by atoms with Gasteiger partial charge in [0.15, 0.2) is 0 Å². The lowest BCUT2D eigenvalue weighted by molar-refractivity contribution is -0.136. The molecule has 0 saturated carbocycles. The van der Waals surface area contributed by atoms with E-state index in [1.54, 1.807) is 0 Å². The molecule has 0 heterocycles. The van der Waals surface area contributed by atoms with Crippen molar-refractivity contribution in [2.24, 2.45) is 5.73 Å². The molecule has 21 heavy (non-hydrogen) atoms. The molecular weight excluding hydrogens is 289 g/mol. The Balaban J connectivity index is 3.17. The zero-order chi connectivity index (χ0) is 16.4. The van der Waals surface area contributed by atoms with Gasteiger partial charge in [0.2, 0.25) is 0 Å². The molecule has 1 aromatic rings. The number of hydrogen-bond donors (Lipinski definition) is 3. The van der Waals surface area contributed by atoms with Gasteiger partial charge in [-0.15, -0.1) is 0 Å². The van der Waals surface area contributed by atoms with Crippen molar-refractivity contribution in [1.29, 1.82) is 0 Å². The normalized spacial score (nSPS) is 12.8. The van der Waals surface area contributed by atoms with Crippen LogP contribution in [0.25, 0.3) is 0 Å². The lowest BCUT2D eigenvalue weighted by atomic mass is 10.0. The van der Waals surface area contributed by atoms with Crippen LogP contribution >= 0.6 is 0 Å². The fourth-order valence-corrected chi connectivity index (χ4v) is 1.93. The molecule has 0 spiro atoms. The zero-order valence-electron chi connectivity index (χ0n) is 11.4. The molecule has 0 aliphatic carbocycles. The summed E-state index contributed by atoms with van der Waals surface area (Å²) in [4.78, 5) is 22.4. The second-order valence-corrected chi connectivity index (χ2v) is 4.75. The highest BCUT2D eigenvalue weighted by atomic mass is 19.4. The summed E-state index contributed by atoms with van der Waals surface area (Å²) in [7, 11) is 0. The molecule has 1 unspecified atom stereocenters. The van der Waals surface area contributed by atoms with Crippen molar-refractivity contribution in [2.45, 2.75) is 32.5 Å². The third kappa shape index (κ3) is 4.66. The van der Waals surface area contributed by atoms with Crippen molar-refractivity contribution < 1.29 is 27.9 Å². The van der Waals surface area contributed by atoms with Crippen LogP contribution in [0, 0.1) is 6.92 Å². The number of amides is 1. The predicted octanol–water partition coefficient (Wildman–Crippen LogP) is 2.54. The highest BCUT2D eigenvalue weighted by molar-refractivity contribution is 6.01. The average Bonchev–Trinajstić information content (AvgIpc) is 2.27. The minimum Gasteiger partial charge on any atom is -0.478 e. The molecule has 1 amide bonds. The van der Waals surface area contributed by atoms with Gasteiger partial charge in [-0.3, -0.25) is 4.79 Å². The fourth-order valence-electron chi connectivity index (χ4n) is 1.93. The molecule has 0 bridgehead atoms. The van der Waals surface area contributed by atoms with Crippen molar-refractivity contribution in [1.82, 2.24) is 0 Å². The maximum Gasteiger partial charge on any atom is 0.391 e. The Morgan fingerprint density at radius 3 is 2.33 bits per heavy atom. The summed E-state index contributed by atoms with van der Waals surface area (Å²) in [5.74, 6) is -2.09. The SMILES string of the molecule is Cc1cc(C(N)=O)c(NC(C)CC(F)(F)F)cc1C(=O)O. The van der Waals surface area contributed by atoms with Crippen molar-refractivity contribution in [2.75, 3.05) is 5.32 Å². The van der Waals surface area contributed by atoms with E-state index in [-0.39, 0.29) is 16.8 Å². The van der Waals surface area contributed by atoms with Crippen molar-refractivity contribution >= 4 is 17.6 Å². The third-order valence-corrected chi connectivity index (χ3v) is 2.80. The number of rotatable bonds is 5. The number of aryl methyl sites for hydroxylation is 1. The number of aromatic carboxylic acids is 1. The van der Waals surface area contributed by atoms with E-state index in [1.807, 2.05) is 0 Å². The average molecular weight is 304 g/mol. The minimum absolute atomic E-state index is 0.0257. The lowest BCUT2D eigenvalue weighted by Gasteiger charge is -2.19. The molecule has 1 rings (SSSR count). The van der Waals surface area contributed by atoms with E-state index in [0.717, 1.165) is 6.07 Å². The quantitative estimate of drug-likeness (QED) is 0.779. The van der Waals surface area contributed by atoms with Gasteiger partial charge in [0.25, 0.3) is 5.91 Å². The van der Waals surface area contributed by atoms with Crippen LogP contribution in [0.1, 0.15) is 39.6 Å². The van der Waals surface area contributed by atoms with Gasteiger partial charge in [0.1, 0.15) is 0 Å². The van der Waals surface area contributed by atoms with E-state index < -0.39 is 30.5 Å². The maximum atomic E-state index is 12.3. The Morgan fingerprint density at radius 1 is 1.33 bits per heavy atom. The Labute approximate surface area is 118 Å². The number of carbonyl (C=O) groups is 2. The number of nitrogens with one attached hydrogen (secondary N) is 1. The number of hydrogen-bond acceptors (Lipinski definition) is 3. The van der Waals surface area contributed by atoms with Gasteiger partial charge in [0.05, 0.1) is 17.5 Å². The van der Waals surface area contributed by atoms with Crippen molar-refractivity contribution in [3.05, 3.63) is 28.8 Å². The molecule has 116 valence electrons. The Morgan fingerprint density at radius 2 is 1.90 bits per heavy atom. The first-order valence-electron chi connectivity index (χ1n) is 6.02. The monoisotopic (exact) mass is 304 g/mol. The highest BCUT2D eigenvalue weighted by Gasteiger charge is 2.30. The van der Waals surface area contributed by atoms with Gasteiger partial charge in [-0.1, -0.05) is 0 Å². The Kier molecular flexibility index (Phi) is 4.82. The van der Waals surface area contributed by atoms with Crippen LogP contribution in [0.15, 0.2) is 12.1 Å². The topological polar surface area (TPSA) is 92.4 Å². The number of nitrogens with two attached hydrogens (primary N) is 1. The molecule has 0 aliphatic rings. The van der Waals surface area contributed by atoms with Gasteiger partial charge in [0, 0.05) is 11.7 Å². The Hall–Kier alpha value is -2.25. The summed E-state index contributed by atoms with van der Waals surface area (Å²) in [5.41, 5.74) is 5.28. The number of alkyl halides is 3. The van der Waals surface area contributed by atoms with Crippen LogP contribution in [0.2, 0.25) is 0 Å². The standard InChI is InChI=1S/C13H15F3N2O3/c1-6-3-9(11(17)19)10(4-8(6)12(20)21)18-7(2)5-13(14,15)16/h3-4,7,18H,5H2,1-2H3,(H2,17,19)(H,20,21). The van der Waals surface area contributed by atoms with E-state index in [1.165, 1.54) is 19.9 Å². The first-order chi connectivity index (χ1) is 9.51. The lowest BCUT2D eigenvalue weighted by Crippen LogP contribution is -2.26. The third-order valence-electron chi connectivity index (χ3n) is 2.80. The molecule has 4 N–H and O–H groups in total. The van der Waals surface area contributed by atoms with Crippen LogP contribution in [0.3, 0.4) is 0 Å². The first kappa shape index (κ1) is 16.8. The largest absolute Gasteiger partial charge is 0.478 e. The van der Waals surface area contributed by atoms with Gasteiger partial charge in [-0.2, -0.15) is 13.2 Å². The fraction of sp³-hybridized carbons (Fsp3) is 0.385. The van der Waals surface area contributed by atoms with Gasteiger partial charge in [-0.25, -0.2) is 4.79 Å². The van der Waals surface area contributed by atoms with Crippen LogP contribution in [0.5, 0.6) is 0 Å². The van der Waals surface area contributed by atoms with Crippen LogP contribution in [0.4, 0.5) is 18.9 Å². The summed E-state index contributed by atoms with van der Waals surface area (Å²) < 4.78 is 36.9. The number of primary amides is 1. The summed E-state index contributed by atoms with van der Waals surface area (Å²) in [6.45, 7) is 2.75. The molecule has 0 radical (unpaired) electrons. The summed E-state index contributed by atoms with van der Waals surface area (Å²) in [5, 5.41) is 11.5. The second-order valence-electron chi connectivity index (χ2n) is 4.75. The molecule has 1 aromatic carbocycles. The van der Waals surface area contributed by atoms with Crippen LogP contribution in [-0.2, 0) is 0 Å². The van der Waals surface area contributed by atoms with E-state index in [0.29, 0.717) is 5.56 Å². The molecule has 0 aliphatic heterocycles. The second kappa shape index (κ2) is 6.02. The molecule has 8 heteroatoms. The van der Waals surface area contributed by atoms with Crippen molar-refractivity contribution in [3.8, 4) is 0 Å². The Bertz CT molecular complexity index is 571. The minimum atomic E-state index is -4.38. The van der Waals surface area contributed by atoms with Gasteiger partial charge in [-0.05, 0) is 31.5 Å². The smallest absolute Gasteiger partial charge is 0.391 e. The molecule has 0 fully saturated rings. The molecule has 0 saturated heterocycles. The summed E-state index contributed by atoms with van der Waals surface area (Å²) in [6, 6.07) is 1.33. The van der Waals surface area contributed by atoms with E-state index in [2.05, 4.69) is 5.32 Å². The molecule has 1 atom stereocenters. The van der Waals surface area contributed by atoms with Crippen LogP contribution in [-0.4, -0.2) is 29.2 Å². The first-order valence-corrected chi connectivity index (χ1v) is 6.02. The number of carboxylic acids is 1. The molecule has 0 aromatic heterocycles.